The summed E-state index contributed by atoms with van der Waals surface area (Å²) in [6.45, 7) is 8.62. The van der Waals surface area contributed by atoms with Gasteiger partial charge in [-0.25, -0.2) is 0 Å². The van der Waals surface area contributed by atoms with E-state index in [-0.39, 0.29) is 0 Å². The number of rotatable bonds is 4. The zero-order chi connectivity index (χ0) is 7.98. The highest BCUT2D eigenvalue weighted by Crippen LogP contribution is 1.96. The molecule has 0 aliphatic rings. The Balaban J connectivity index is 3.77. The third-order valence-corrected chi connectivity index (χ3v) is 1.10. The lowest BCUT2D eigenvalue weighted by Gasteiger charge is -2.03. The Morgan fingerprint density at radius 2 is 2.30 bits per heavy atom. The maximum Gasteiger partial charge on any atom is 0.113 e. The second-order valence-electron chi connectivity index (χ2n) is 2.03. The minimum absolute atomic E-state index is 0.679. The molecule has 0 heterocycles. The summed E-state index contributed by atoms with van der Waals surface area (Å²) < 4.78 is 4.86. The molecule has 58 valence electrons. The first-order valence-electron chi connectivity index (χ1n) is 3.35. The monoisotopic (exact) mass is 141 g/mol. The van der Waals surface area contributed by atoms with Crippen molar-refractivity contribution in [3.63, 3.8) is 0 Å². The summed E-state index contributed by atoms with van der Waals surface area (Å²) in [4.78, 5) is 0. The minimum atomic E-state index is 0.679. The van der Waals surface area contributed by atoms with Gasteiger partial charge in [0, 0.05) is 12.2 Å². The van der Waals surface area contributed by atoms with Gasteiger partial charge in [0.1, 0.15) is 5.76 Å². The standard InChI is InChI=1S/C8H15NO/c1-5-9-7(2)6-8(3)10-4/h6,9H,3,5H2,1-2,4H3/b7-6+. The van der Waals surface area contributed by atoms with Gasteiger partial charge in [-0.2, -0.15) is 0 Å². The average molecular weight is 141 g/mol. The van der Waals surface area contributed by atoms with E-state index >= 15 is 0 Å². The molecular formula is C8H15NO. The van der Waals surface area contributed by atoms with E-state index in [0.29, 0.717) is 5.76 Å². The van der Waals surface area contributed by atoms with Crippen LogP contribution in [0.2, 0.25) is 0 Å². The Kier molecular flexibility index (Phi) is 4.46. The zero-order valence-corrected chi connectivity index (χ0v) is 6.90. The zero-order valence-electron chi connectivity index (χ0n) is 6.90. The van der Waals surface area contributed by atoms with Crippen LogP contribution in [0.5, 0.6) is 0 Å². The van der Waals surface area contributed by atoms with E-state index in [4.69, 9.17) is 4.74 Å². The van der Waals surface area contributed by atoms with E-state index in [1.54, 1.807) is 7.11 Å². The van der Waals surface area contributed by atoms with Crippen molar-refractivity contribution in [1.82, 2.24) is 5.32 Å². The van der Waals surface area contributed by atoms with Crippen LogP contribution < -0.4 is 5.32 Å². The summed E-state index contributed by atoms with van der Waals surface area (Å²) in [7, 11) is 1.61. The van der Waals surface area contributed by atoms with Crippen molar-refractivity contribution in [2.45, 2.75) is 13.8 Å². The summed E-state index contributed by atoms with van der Waals surface area (Å²) in [5, 5.41) is 3.13. The number of nitrogens with one attached hydrogen (secondary N) is 1. The lowest BCUT2D eigenvalue weighted by Crippen LogP contribution is -2.09. The second kappa shape index (κ2) is 4.91. The molecule has 0 aromatic carbocycles. The predicted octanol–water partition coefficient (Wildman–Crippen LogP) is 1.66. The first-order valence-corrected chi connectivity index (χ1v) is 3.35. The first kappa shape index (κ1) is 9.08. The highest BCUT2D eigenvalue weighted by molar-refractivity contribution is 5.12. The van der Waals surface area contributed by atoms with Crippen molar-refractivity contribution in [3.8, 4) is 0 Å². The number of allylic oxidation sites excluding steroid dienone is 2. The molecular weight excluding hydrogens is 126 g/mol. The van der Waals surface area contributed by atoms with Crippen LogP contribution in [0.3, 0.4) is 0 Å². The van der Waals surface area contributed by atoms with Gasteiger partial charge < -0.3 is 10.1 Å². The molecule has 0 radical (unpaired) electrons. The third-order valence-electron chi connectivity index (χ3n) is 1.10. The molecule has 0 spiro atoms. The Morgan fingerprint density at radius 1 is 1.70 bits per heavy atom. The lowest BCUT2D eigenvalue weighted by atomic mass is 10.4. The highest BCUT2D eigenvalue weighted by atomic mass is 16.5. The van der Waals surface area contributed by atoms with Crippen LogP contribution >= 0.6 is 0 Å². The fourth-order valence-corrected chi connectivity index (χ4v) is 0.630. The van der Waals surface area contributed by atoms with Crippen LogP contribution in [-0.2, 0) is 4.74 Å². The van der Waals surface area contributed by atoms with Crippen molar-refractivity contribution in [2.24, 2.45) is 0 Å². The second-order valence-corrected chi connectivity index (χ2v) is 2.03. The van der Waals surface area contributed by atoms with Gasteiger partial charge in [-0.15, -0.1) is 0 Å². The molecule has 1 N–H and O–H groups in total. The summed E-state index contributed by atoms with van der Waals surface area (Å²) in [6, 6.07) is 0. The molecule has 0 amide bonds. The normalized spacial score (nSPS) is 10.9. The molecule has 0 saturated carbocycles. The van der Waals surface area contributed by atoms with Crippen LogP contribution in [0.4, 0.5) is 0 Å². The molecule has 0 atom stereocenters. The number of hydrogen-bond acceptors (Lipinski definition) is 2. The van der Waals surface area contributed by atoms with E-state index in [1.807, 2.05) is 19.9 Å². The topological polar surface area (TPSA) is 21.3 Å². The van der Waals surface area contributed by atoms with Gasteiger partial charge >= 0.3 is 0 Å². The summed E-state index contributed by atoms with van der Waals surface area (Å²) in [6.07, 6.45) is 1.86. The molecule has 0 bridgehead atoms. The molecule has 2 heteroatoms. The van der Waals surface area contributed by atoms with Crippen molar-refractivity contribution in [3.05, 3.63) is 24.1 Å². The number of methoxy groups -OCH3 is 1. The summed E-state index contributed by atoms with van der Waals surface area (Å²) in [5.41, 5.74) is 1.08. The van der Waals surface area contributed by atoms with Crippen LogP contribution in [0.1, 0.15) is 13.8 Å². The van der Waals surface area contributed by atoms with Gasteiger partial charge in [-0.1, -0.05) is 6.58 Å². The first-order chi connectivity index (χ1) is 4.70. The molecule has 2 nitrogen and oxygen atoms in total. The molecule has 0 saturated heterocycles. The van der Waals surface area contributed by atoms with Crippen LogP contribution in [0.25, 0.3) is 0 Å². The van der Waals surface area contributed by atoms with Gasteiger partial charge in [0.15, 0.2) is 0 Å². The molecule has 0 fully saturated rings. The molecule has 0 rings (SSSR count). The van der Waals surface area contributed by atoms with Gasteiger partial charge in [-0.05, 0) is 19.9 Å². The van der Waals surface area contributed by atoms with E-state index in [2.05, 4.69) is 11.9 Å². The lowest BCUT2D eigenvalue weighted by molar-refractivity contribution is 0.308. The maximum atomic E-state index is 4.86. The van der Waals surface area contributed by atoms with Gasteiger partial charge in [-0.3, -0.25) is 0 Å². The van der Waals surface area contributed by atoms with E-state index in [0.717, 1.165) is 12.2 Å². The molecule has 0 aromatic rings. The smallest absolute Gasteiger partial charge is 0.113 e. The van der Waals surface area contributed by atoms with Crippen molar-refractivity contribution in [1.29, 1.82) is 0 Å². The van der Waals surface area contributed by atoms with Gasteiger partial charge in [0.05, 0.1) is 7.11 Å². The maximum absolute atomic E-state index is 4.86. The predicted molar refractivity (Wildman–Crippen MR) is 43.6 cm³/mol. The van der Waals surface area contributed by atoms with Crippen LogP contribution in [-0.4, -0.2) is 13.7 Å². The minimum Gasteiger partial charge on any atom is -0.497 e. The van der Waals surface area contributed by atoms with Crippen molar-refractivity contribution < 1.29 is 4.74 Å². The number of hydrogen-bond donors (Lipinski definition) is 1. The Morgan fingerprint density at radius 3 is 2.70 bits per heavy atom. The van der Waals surface area contributed by atoms with Crippen molar-refractivity contribution >= 4 is 0 Å². The summed E-state index contributed by atoms with van der Waals surface area (Å²) in [5.74, 6) is 0.679. The quantitative estimate of drug-likeness (QED) is 0.475. The molecule has 0 aromatic heterocycles. The fourth-order valence-electron chi connectivity index (χ4n) is 0.630. The van der Waals surface area contributed by atoms with Crippen LogP contribution in [0.15, 0.2) is 24.1 Å². The van der Waals surface area contributed by atoms with E-state index in [1.165, 1.54) is 0 Å². The SMILES string of the molecule is C=C(/C=C(\C)NCC)OC. The molecule has 0 aliphatic heterocycles. The van der Waals surface area contributed by atoms with Gasteiger partial charge in [0.25, 0.3) is 0 Å². The fraction of sp³-hybridized carbons (Fsp3) is 0.500. The largest absolute Gasteiger partial charge is 0.497 e. The van der Waals surface area contributed by atoms with E-state index in [9.17, 15) is 0 Å². The van der Waals surface area contributed by atoms with Gasteiger partial charge in [0.2, 0.25) is 0 Å². The molecule has 10 heavy (non-hydrogen) atoms. The average Bonchev–Trinajstić information content (AvgIpc) is 1.88. The Labute approximate surface area is 62.6 Å². The summed E-state index contributed by atoms with van der Waals surface area (Å²) >= 11 is 0. The van der Waals surface area contributed by atoms with Crippen molar-refractivity contribution in [2.75, 3.05) is 13.7 Å². The third kappa shape index (κ3) is 4.01. The Bertz CT molecular complexity index is 138. The van der Waals surface area contributed by atoms with E-state index < -0.39 is 0 Å². The molecule has 0 aliphatic carbocycles. The number of ether oxygens (including phenoxy) is 1. The Hall–Kier alpha value is -0.920. The highest BCUT2D eigenvalue weighted by Gasteiger charge is 1.86. The van der Waals surface area contributed by atoms with Crippen LogP contribution in [0, 0.1) is 0 Å². The molecule has 0 unspecified atom stereocenters.